The highest BCUT2D eigenvalue weighted by atomic mass is 16.6. The zero-order valence-electron chi connectivity index (χ0n) is 23.3. The zero-order valence-corrected chi connectivity index (χ0v) is 23.3. The number of aryl methyl sites for hydroxylation is 1. The summed E-state index contributed by atoms with van der Waals surface area (Å²) in [6.45, 7) is 7.42. The fourth-order valence-electron chi connectivity index (χ4n) is 6.22. The van der Waals surface area contributed by atoms with Gasteiger partial charge in [-0.2, -0.15) is 0 Å². The molecule has 0 radical (unpaired) electrons. The molecule has 41 heavy (non-hydrogen) atoms. The normalized spacial score (nSPS) is 20.0. The molecule has 6 rings (SSSR count). The largest absolute Gasteiger partial charge is 0.458 e. The molecule has 3 aliphatic heterocycles. The number of hydrogen-bond donors (Lipinski definition) is 2. The van der Waals surface area contributed by atoms with Crippen molar-refractivity contribution >= 4 is 23.0 Å². The van der Waals surface area contributed by atoms with Crippen molar-refractivity contribution in [2.24, 2.45) is 0 Å². The number of benzene rings is 1. The van der Waals surface area contributed by atoms with E-state index in [2.05, 4.69) is 4.90 Å². The Balaban J connectivity index is 1.32. The van der Waals surface area contributed by atoms with Crippen LogP contribution in [-0.2, 0) is 34.7 Å². The van der Waals surface area contributed by atoms with Crippen molar-refractivity contribution in [2.75, 3.05) is 39.3 Å². The van der Waals surface area contributed by atoms with E-state index in [1.807, 2.05) is 19.1 Å². The van der Waals surface area contributed by atoms with Gasteiger partial charge in [-0.15, -0.1) is 0 Å². The molecule has 0 aliphatic carbocycles. The fourth-order valence-corrected chi connectivity index (χ4v) is 6.22. The smallest absolute Gasteiger partial charge is 0.415 e. The number of nitrogens with zero attached hydrogens (tertiary/aromatic N) is 4. The average Bonchev–Trinajstić information content (AvgIpc) is 3.35. The molecular weight excluding hydrogens is 528 g/mol. The van der Waals surface area contributed by atoms with Crippen LogP contribution in [0.2, 0.25) is 0 Å². The third kappa shape index (κ3) is 4.48. The molecule has 3 aliphatic rings. The van der Waals surface area contributed by atoms with Gasteiger partial charge in [-0.25, -0.2) is 14.6 Å². The van der Waals surface area contributed by atoms with Crippen LogP contribution >= 0.6 is 0 Å². The van der Waals surface area contributed by atoms with E-state index in [-0.39, 0.29) is 36.3 Å². The molecule has 1 atom stereocenters. The summed E-state index contributed by atoms with van der Waals surface area (Å²) in [4.78, 5) is 47.7. The lowest BCUT2D eigenvalue weighted by Crippen LogP contribution is -2.49. The Kier molecular flexibility index (Phi) is 7.04. The first-order valence-electron chi connectivity index (χ1n) is 14.2. The van der Waals surface area contributed by atoms with E-state index < -0.39 is 17.7 Å². The second-order valence-electron chi connectivity index (χ2n) is 10.8. The predicted octanol–water partition coefficient (Wildman–Crippen LogP) is 2.14. The lowest BCUT2D eigenvalue weighted by atomic mass is 9.86. The summed E-state index contributed by atoms with van der Waals surface area (Å²) in [5.41, 5.74) is 2.21. The molecular formula is C30H34N4O7. The van der Waals surface area contributed by atoms with Gasteiger partial charge >= 0.3 is 12.1 Å². The quantitative estimate of drug-likeness (QED) is 0.339. The van der Waals surface area contributed by atoms with E-state index >= 15 is 0 Å². The lowest BCUT2D eigenvalue weighted by molar-refractivity contribution is -0.172. The molecule has 1 aromatic carbocycles. The van der Waals surface area contributed by atoms with Crippen LogP contribution in [0.4, 0.5) is 4.79 Å². The Hall–Kier alpha value is -3.80. The molecule has 11 nitrogen and oxygen atoms in total. The molecule has 0 spiro atoms. The van der Waals surface area contributed by atoms with Gasteiger partial charge in [-0.3, -0.25) is 9.69 Å². The number of cyclic esters (lactones) is 1. The maximum Gasteiger partial charge on any atom is 0.415 e. The van der Waals surface area contributed by atoms with Crippen LogP contribution in [0.3, 0.4) is 0 Å². The van der Waals surface area contributed by atoms with Gasteiger partial charge in [-0.1, -0.05) is 13.8 Å². The summed E-state index contributed by atoms with van der Waals surface area (Å²) < 4.78 is 12.6. The molecule has 3 aromatic rings. The maximum absolute atomic E-state index is 13.5. The van der Waals surface area contributed by atoms with Crippen LogP contribution in [0.25, 0.3) is 22.3 Å². The van der Waals surface area contributed by atoms with Gasteiger partial charge in [0.05, 0.1) is 29.0 Å². The number of aromatic nitrogens is 2. The number of rotatable bonds is 6. The maximum atomic E-state index is 13.5. The number of aliphatic hydroxyl groups is 2. The molecule has 0 unspecified atom stereocenters. The van der Waals surface area contributed by atoms with Crippen LogP contribution in [-0.4, -0.2) is 81.0 Å². The number of fused-ring (bicyclic) bond motifs is 5. The highest BCUT2D eigenvalue weighted by Gasteiger charge is 2.45. The zero-order chi connectivity index (χ0) is 28.9. The van der Waals surface area contributed by atoms with Crippen molar-refractivity contribution in [3.8, 4) is 17.1 Å². The number of aliphatic hydroxyl groups excluding tert-OH is 1. The number of carbonyl (C=O) groups is 2. The SMILES string of the molecule is CCc1c2c(nc3ccc(OC(=O)N4CCN(CCCO)CC4)cc13)-c1cc3c(c(=O)n1C2)COC(=O)[C@]3(O)CC. The Morgan fingerprint density at radius 1 is 1.12 bits per heavy atom. The van der Waals surface area contributed by atoms with E-state index in [1.165, 1.54) is 0 Å². The number of amides is 1. The first-order valence-corrected chi connectivity index (χ1v) is 14.2. The Bertz CT molecular complexity index is 1610. The first kappa shape index (κ1) is 27.4. The minimum Gasteiger partial charge on any atom is -0.458 e. The summed E-state index contributed by atoms with van der Waals surface area (Å²) >= 11 is 0. The van der Waals surface area contributed by atoms with Crippen LogP contribution in [0.1, 0.15) is 48.9 Å². The Morgan fingerprint density at radius 3 is 2.61 bits per heavy atom. The Labute approximate surface area is 236 Å². The van der Waals surface area contributed by atoms with Gasteiger partial charge < -0.3 is 29.2 Å². The third-order valence-electron chi connectivity index (χ3n) is 8.60. The van der Waals surface area contributed by atoms with Crippen LogP contribution in [0.5, 0.6) is 5.75 Å². The van der Waals surface area contributed by atoms with Crippen LogP contribution in [0, 0.1) is 0 Å². The number of pyridine rings is 2. The standard InChI is InChI=1S/C30H34N4O7/c1-3-19-20-14-18(41-29(38)33-11-9-32(10-12-33)8-5-13-35)6-7-24(20)31-26-21(19)16-34-25(26)15-23-22(27(34)36)17-40-28(37)30(23,39)4-2/h6-7,14-15,35,39H,3-5,8-13,16-17H2,1-2H3/t30-/m0/s1. The first-order chi connectivity index (χ1) is 19.8. The summed E-state index contributed by atoms with van der Waals surface area (Å²) in [5, 5.41) is 21.0. The number of hydrogen-bond acceptors (Lipinski definition) is 9. The van der Waals surface area contributed by atoms with Gasteiger partial charge in [0.25, 0.3) is 5.56 Å². The van der Waals surface area contributed by atoms with Crippen LogP contribution < -0.4 is 10.3 Å². The van der Waals surface area contributed by atoms with Gasteiger partial charge in [0, 0.05) is 55.8 Å². The van der Waals surface area contributed by atoms with E-state index in [0.29, 0.717) is 48.7 Å². The second kappa shape index (κ2) is 10.6. The van der Waals surface area contributed by atoms with E-state index in [4.69, 9.17) is 19.6 Å². The van der Waals surface area contributed by atoms with Gasteiger partial charge in [0.1, 0.15) is 12.4 Å². The van der Waals surface area contributed by atoms with Crippen molar-refractivity contribution < 1.29 is 29.3 Å². The van der Waals surface area contributed by atoms with Gasteiger partial charge in [-0.05, 0) is 49.1 Å². The summed E-state index contributed by atoms with van der Waals surface area (Å²) in [5.74, 6) is -0.324. The van der Waals surface area contributed by atoms with Gasteiger partial charge in [0.2, 0.25) is 0 Å². The molecule has 2 aromatic heterocycles. The molecule has 0 bridgehead atoms. The lowest BCUT2D eigenvalue weighted by Gasteiger charge is -2.33. The summed E-state index contributed by atoms with van der Waals surface area (Å²) in [6, 6.07) is 7.07. The molecule has 1 amide bonds. The summed E-state index contributed by atoms with van der Waals surface area (Å²) in [6.07, 6.45) is 1.07. The third-order valence-corrected chi connectivity index (χ3v) is 8.60. The van der Waals surface area contributed by atoms with Crippen molar-refractivity contribution in [3.63, 3.8) is 0 Å². The molecule has 5 heterocycles. The average molecular weight is 563 g/mol. The van der Waals surface area contributed by atoms with Gasteiger partial charge in [0.15, 0.2) is 5.60 Å². The topological polar surface area (TPSA) is 134 Å². The molecule has 1 fully saturated rings. The predicted molar refractivity (Wildman–Crippen MR) is 150 cm³/mol. The summed E-state index contributed by atoms with van der Waals surface area (Å²) in [7, 11) is 0. The molecule has 1 saturated heterocycles. The van der Waals surface area contributed by atoms with E-state index in [1.54, 1.807) is 28.5 Å². The molecule has 0 saturated carbocycles. The van der Waals surface area contributed by atoms with E-state index in [9.17, 15) is 19.5 Å². The number of carbonyl (C=O) groups excluding carboxylic acids is 2. The number of esters is 1. The molecule has 2 N–H and O–H groups in total. The second-order valence-corrected chi connectivity index (χ2v) is 10.8. The van der Waals surface area contributed by atoms with Crippen LogP contribution in [0.15, 0.2) is 29.1 Å². The fraction of sp³-hybridized carbons (Fsp3) is 0.467. The van der Waals surface area contributed by atoms with E-state index in [0.717, 1.165) is 42.6 Å². The monoisotopic (exact) mass is 562 g/mol. The minimum absolute atomic E-state index is 0.0842. The van der Waals surface area contributed by atoms with Crippen molar-refractivity contribution in [1.29, 1.82) is 0 Å². The Morgan fingerprint density at radius 2 is 1.90 bits per heavy atom. The highest BCUT2D eigenvalue weighted by Crippen LogP contribution is 2.40. The van der Waals surface area contributed by atoms with Crippen molar-refractivity contribution in [1.82, 2.24) is 19.4 Å². The van der Waals surface area contributed by atoms with Crippen molar-refractivity contribution in [3.05, 3.63) is 56.9 Å². The number of piperazine rings is 1. The minimum atomic E-state index is -1.87. The molecule has 11 heteroatoms. The number of ether oxygens (including phenoxy) is 2. The van der Waals surface area contributed by atoms with Crippen molar-refractivity contribution in [2.45, 2.75) is 51.9 Å². The highest BCUT2D eigenvalue weighted by molar-refractivity contribution is 5.90. The molecule has 216 valence electrons.